The Bertz CT molecular complexity index is 611. The number of hydrogen-bond acceptors (Lipinski definition) is 3. The largest absolute Gasteiger partial charge is 0.497 e. The van der Waals surface area contributed by atoms with Crippen LogP contribution in [0.15, 0.2) is 40.9 Å². The Labute approximate surface area is 127 Å². The minimum Gasteiger partial charge on any atom is -0.497 e. The first kappa shape index (κ1) is 14.9. The molecule has 0 saturated carbocycles. The molecule has 4 heteroatoms. The van der Waals surface area contributed by atoms with Gasteiger partial charge in [0.2, 0.25) is 0 Å². The first-order chi connectivity index (χ1) is 9.56. The molecule has 0 radical (unpaired) electrons. The molecule has 3 nitrogen and oxygen atoms in total. The van der Waals surface area contributed by atoms with E-state index in [-0.39, 0.29) is 0 Å². The average molecular weight is 337 g/mol. The number of benzene rings is 2. The predicted molar refractivity (Wildman–Crippen MR) is 82.5 cm³/mol. The Morgan fingerprint density at radius 1 is 1.05 bits per heavy atom. The van der Waals surface area contributed by atoms with Crippen molar-refractivity contribution in [2.45, 2.75) is 13.0 Å². The maximum Gasteiger partial charge on any atom is 0.128 e. The quantitative estimate of drug-likeness (QED) is 0.921. The van der Waals surface area contributed by atoms with Gasteiger partial charge in [0.05, 0.1) is 14.2 Å². The van der Waals surface area contributed by atoms with Gasteiger partial charge in [0, 0.05) is 16.1 Å². The predicted octanol–water partition coefficient (Wildman–Crippen LogP) is 3.86. The van der Waals surface area contributed by atoms with Crippen molar-refractivity contribution in [2.24, 2.45) is 0 Å². The maximum absolute atomic E-state index is 10.5. The van der Waals surface area contributed by atoms with Crippen molar-refractivity contribution in [3.05, 3.63) is 57.6 Å². The van der Waals surface area contributed by atoms with Crippen LogP contribution in [-0.4, -0.2) is 19.3 Å². The first-order valence-electron chi connectivity index (χ1n) is 6.23. The van der Waals surface area contributed by atoms with Gasteiger partial charge in [-0.1, -0.05) is 28.1 Å². The van der Waals surface area contributed by atoms with Gasteiger partial charge in [0.15, 0.2) is 0 Å². The number of aliphatic hydroxyl groups is 1. The summed E-state index contributed by atoms with van der Waals surface area (Å²) < 4.78 is 11.5. The van der Waals surface area contributed by atoms with Crippen molar-refractivity contribution in [3.8, 4) is 11.5 Å². The van der Waals surface area contributed by atoms with Crippen molar-refractivity contribution in [3.63, 3.8) is 0 Å². The van der Waals surface area contributed by atoms with Crippen LogP contribution in [0.3, 0.4) is 0 Å². The summed E-state index contributed by atoms with van der Waals surface area (Å²) in [7, 11) is 3.18. The van der Waals surface area contributed by atoms with Gasteiger partial charge in [-0.05, 0) is 36.2 Å². The fourth-order valence-corrected chi connectivity index (χ4v) is 2.40. The van der Waals surface area contributed by atoms with Crippen LogP contribution < -0.4 is 9.47 Å². The van der Waals surface area contributed by atoms with Crippen LogP contribution in [0.1, 0.15) is 22.8 Å². The van der Waals surface area contributed by atoms with E-state index in [0.717, 1.165) is 15.6 Å². The summed E-state index contributed by atoms with van der Waals surface area (Å²) in [5.41, 5.74) is 2.65. The molecule has 0 heterocycles. The molecule has 0 aliphatic rings. The van der Waals surface area contributed by atoms with Gasteiger partial charge >= 0.3 is 0 Å². The number of hydrogen-bond donors (Lipinski definition) is 1. The number of rotatable bonds is 4. The molecular formula is C16H17BrO3. The van der Waals surface area contributed by atoms with Crippen molar-refractivity contribution < 1.29 is 14.6 Å². The number of methoxy groups -OCH3 is 2. The molecule has 2 aromatic carbocycles. The van der Waals surface area contributed by atoms with Crippen LogP contribution in [0.5, 0.6) is 11.5 Å². The van der Waals surface area contributed by atoms with E-state index in [2.05, 4.69) is 15.9 Å². The monoisotopic (exact) mass is 336 g/mol. The molecule has 0 aliphatic heterocycles. The zero-order valence-corrected chi connectivity index (χ0v) is 13.3. The van der Waals surface area contributed by atoms with Crippen LogP contribution in [-0.2, 0) is 0 Å². The summed E-state index contributed by atoms with van der Waals surface area (Å²) in [6.07, 6.45) is -0.743. The minimum atomic E-state index is -0.743. The van der Waals surface area contributed by atoms with Crippen LogP contribution in [0.4, 0.5) is 0 Å². The lowest BCUT2D eigenvalue weighted by molar-refractivity contribution is 0.214. The van der Waals surface area contributed by atoms with Crippen LogP contribution in [0.25, 0.3) is 0 Å². The molecule has 0 amide bonds. The fourth-order valence-electron chi connectivity index (χ4n) is 2.00. The molecule has 1 unspecified atom stereocenters. The van der Waals surface area contributed by atoms with Crippen molar-refractivity contribution >= 4 is 15.9 Å². The highest BCUT2D eigenvalue weighted by Gasteiger charge is 2.16. The summed E-state index contributed by atoms with van der Waals surface area (Å²) in [6, 6.07) is 11.2. The lowest BCUT2D eigenvalue weighted by atomic mass is 9.99. The summed E-state index contributed by atoms with van der Waals surface area (Å²) in [5.74, 6) is 1.30. The second kappa shape index (κ2) is 6.29. The van der Waals surface area contributed by atoms with Crippen LogP contribution in [0, 0.1) is 6.92 Å². The van der Waals surface area contributed by atoms with Gasteiger partial charge in [-0.2, -0.15) is 0 Å². The molecule has 0 bridgehead atoms. The van der Waals surface area contributed by atoms with Crippen LogP contribution in [0.2, 0.25) is 0 Å². The number of aliphatic hydroxyl groups excluding tert-OH is 1. The van der Waals surface area contributed by atoms with E-state index < -0.39 is 6.10 Å². The summed E-state index contributed by atoms with van der Waals surface area (Å²) in [4.78, 5) is 0. The zero-order chi connectivity index (χ0) is 14.7. The summed E-state index contributed by atoms with van der Waals surface area (Å²) in [5, 5.41) is 10.5. The maximum atomic E-state index is 10.5. The highest BCUT2D eigenvalue weighted by Crippen LogP contribution is 2.34. The Morgan fingerprint density at radius 3 is 2.40 bits per heavy atom. The number of ether oxygens (including phenoxy) is 2. The van der Waals surface area contributed by atoms with Gasteiger partial charge in [-0.15, -0.1) is 0 Å². The highest BCUT2D eigenvalue weighted by molar-refractivity contribution is 9.10. The molecule has 20 heavy (non-hydrogen) atoms. The second-order valence-corrected chi connectivity index (χ2v) is 5.37. The smallest absolute Gasteiger partial charge is 0.128 e. The van der Waals surface area contributed by atoms with E-state index in [0.29, 0.717) is 17.1 Å². The van der Waals surface area contributed by atoms with Gasteiger partial charge in [0.1, 0.15) is 17.6 Å². The average Bonchev–Trinajstić information content (AvgIpc) is 2.48. The standard InChI is InChI=1S/C16H17BrO3/c1-10-4-5-11(8-14(10)17)16(18)13-7-6-12(19-2)9-15(13)20-3/h4-9,16,18H,1-3H3. The molecule has 1 atom stereocenters. The zero-order valence-electron chi connectivity index (χ0n) is 11.7. The van der Waals surface area contributed by atoms with Crippen LogP contribution >= 0.6 is 15.9 Å². The number of aryl methyl sites for hydroxylation is 1. The van der Waals surface area contributed by atoms with Gasteiger partial charge in [0.25, 0.3) is 0 Å². The third-order valence-corrected chi connectivity index (χ3v) is 4.10. The Hall–Kier alpha value is -1.52. The third kappa shape index (κ3) is 2.97. The van der Waals surface area contributed by atoms with E-state index in [1.165, 1.54) is 0 Å². The lowest BCUT2D eigenvalue weighted by Gasteiger charge is -2.16. The van der Waals surface area contributed by atoms with Gasteiger partial charge in [-0.3, -0.25) is 0 Å². The minimum absolute atomic E-state index is 0.605. The van der Waals surface area contributed by atoms with E-state index in [1.807, 2.05) is 37.3 Å². The Kier molecular flexibility index (Phi) is 4.68. The molecule has 2 aromatic rings. The topological polar surface area (TPSA) is 38.7 Å². The van der Waals surface area contributed by atoms with E-state index in [1.54, 1.807) is 20.3 Å². The van der Waals surface area contributed by atoms with E-state index >= 15 is 0 Å². The fraction of sp³-hybridized carbons (Fsp3) is 0.250. The van der Waals surface area contributed by atoms with Crippen molar-refractivity contribution in [1.29, 1.82) is 0 Å². The normalized spacial score (nSPS) is 12.1. The van der Waals surface area contributed by atoms with Crippen molar-refractivity contribution in [1.82, 2.24) is 0 Å². The SMILES string of the molecule is COc1ccc(C(O)c2ccc(C)c(Br)c2)c(OC)c1. The van der Waals surface area contributed by atoms with Gasteiger partial charge in [-0.25, -0.2) is 0 Å². The molecule has 0 aromatic heterocycles. The molecule has 106 valence electrons. The van der Waals surface area contributed by atoms with Gasteiger partial charge < -0.3 is 14.6 Å². The summed E-state index contributed by atoms with van der Waals surface area (Å²) >= 11 is 3.48. The molecule has 0 saturated heterocycles. The molecular weight excluding hydrogens is 320 g/mol. The highest BCUT2D eigenvalue weighted by atomic mass is 79.9. The Morgan fingerprint density at radius 2 is 1.80 bits per heavy atom. The number of halogens is 1. The first-order valence-corrected chi connectivity index (χ1v) is 7.02. The lowest BCUT2D eigenvalue weighted by Crippen LogP contribution is -2.03. The molecule has 1 N–H and O–H groups in total. The second-order valence-electron chi connectivity index (χ2n) is 4.52. The molecule has 0 aliphatic carbocycles. The summed E-state index contributed by atoms with van der Waals surface area (Å²) in [6.45, 7) is 2.01. The molecule has 2 rings (SSSR count). The van der Waals surface area contributed by atoms with Crippen molar-refractivity contribution in [2.75, 3.05) is 14.2 Å². The Balaban J connectivity index is 2.41. The molecule has 0 fully saturated rings. The molecule has 0 spiro atoms. The van der Waals surface area contributed by atoms with E-state index in [9.17, 15) is 5.11 Å². The van der Waals surface area contributed by atoms with E-state index in [4.69, 9.17) is 9.47 Å². The third-order valence-electron chi connectivity index (χ3n) is 3.25.